The second-order valence-electron chi connectivity index (χ2n) is 2.23. The van der Waals surface area contributed by atoms with Crippen molar-refractivity contribution in [2.24, 2.45) is 0 Å². The third-order valence-corrected chi connectivity index (χ3v) is 1.38. The minimum absolute atomic E-state index is 0. The van der Waals surface area contributed by atoms with E-state index in [2.05, 4.69) is 0 Å². The van der Waals surface area contributed by atoms with E-state index >= 15 is 0 Å². The van der Waals surface area contributed by atoms with Crippen LogP contribution in [0.2, 0.25) is 0 Å². The van der Waals surface area contributed by atoms with Gasteiger partial charge in [-0.05, 0) is 24.3 Å². The van der Waals surface area contributed by atoms with E-state index in [0.717, 1.165) is 0 Å². The zero-order chi connectivity index (χ0) is 11.8. The molecule has 10 nitrogen and oxygen atoms in total. The predicted molar refractivity (Wildman–Crippen MR) is 73.7 cm³/mol. The molecule has 0 atom stereocenters. The summed E-state index contributed by atoms with van der Waals surface area (Å²) in [4.78, 5) is 20.7. The van der Waals surface area contributed by atoms with Crippen molar-refractivity contribution < 1.29 is 65.3 Å². The number of rotatable bonds is 2. The molecule has 21 heavy (non-hydrogen) atoms. The molecule has 0 bridgehead atoms. The molecule has 1 rings (SSSR count). The van der Waals surface area contributed by atoms with Crippen molar-refractivity contribution in [2.75, 3.05) is 0 Å². The van der Waals surface area contributed by atoms with E-state index in [4.69, 9.17) is 30.6 Å². The van der Waals surface area contributed by atoms with Crippen molar-refractivity contribution in [1.29, 1.82) is 0 Å². The van der Waals surface area contributed by atoms with Crippen LogP contribution in [0.15, 0.2) is 24.3 Å². The summed E-state index contributed by atoms with van der Waals surface area (Å²) in [5.41, 5.74) is 0.167. The Morgan fingerprint density at radius 3 is 0.952 bits per heavy atom. The number of hydrogen-bond donors (Lipinski definition) is 2. The fraction of sp³-hybridized carbons (Fsp3) is 0. The minimum atomic E-state index is -1.06. The second kappa shape index (κ2) is 24.0. The molecular formula is C8H18Cl2NiO10. The zero-order valence-electron chi connectivity index (χ0n) is 10.1. The van der Waals surface area contributed by atoms with Gasteiger partial charge in [-0.3, -0.25) is 0 Å². The average Bonchev–Trinajstić information content (AvgIpc) is 2.19. The van der Waals surface area contributed by atoms with Gasteiger partial charge in [0.05, 0.1) is 11.1 Å². The first kappa shape index (κ1) is 42.7. The van der Waals surface area contributed by atoms with Crippen molar-refractivity contribution in [2.45, 2.75) is 0 Å². The van der Waals surface area contributed by atoms with Gasteiger partial charge in [-0.1, -0.05) is 0 Å². The molecule has 0 aliphatic carbocycles. The fourth-order valence-electron chi connectivity index (χ4n) is 0.755. The first-order valence-electron chi connectivity index (χ1n) is 3.42. The summed E-state index contributed by atoms with van der Waals surface area (Å²) >= 11 is 0.569. The molecule has 1 aromatic carbocycles. The first-order valence-corrected chi connectivity index (χ1v) is 6.13. The maximum absolute atomic E-state index is 10.3. The van der Waals surface area contributed by atoms with E-state index < -0.39 is 11.9 Å². The molecule has 134 valence electrons. The van der Waals surface area contributed by atoms with E-state index in [1.807, 2.05) is 0 Å². The molecule has 0 aliphatic heterocycles. The van der Waals surface area contributed by atoms with Crippen LogP contribution in [0, 0.1) is 0 Å². The molecule has 0 aromatic heterocycles. The molecule has 1 aromatic rings. The Bertz CT molecular complexity index is 314. The molecule has 0 aliphatic rings. The standard InChI is InChI=1S/C8H6O4.2ClH.Ni.6H2O/c9-7(10)5-1-2-6(4-3-5)8(11)12;;;;;;;;;/h1-4H,(H,9,10)(H,11,12);2*1H;;6*1H2/q;;;+2;;;;;;/p-2. The number of hydrogen-bond acceptors (Lipinski definition) is 2. The van der Waals surface area contributed by atoms with Crippen LogP contribution in [0.4, 0.5) is 0 Å². The average molecular weight is 404 g/mol. The van der Waals surface area contributed by atoms with E-state index in [1.165, 1.54) is 24.3 Å². The van der Waals surface area contributed by atoms with Gasteiger partial charge >= 0.3 is 45.0 Å². The second-order valence-corrected chi connectivity index (χ2v) is 3.86. The van der Waals surface area contributed by atoms with Gasteiger partial charge in [0.2, 0.25) is 0 Å². The van der Waals surface area contributed by atoms with Crippen LogP contribution in [-0.2, 0) is 12.7 Å². The number of aromatic carboxylic acids is 2. The Morgan fingerprint density at radius 1 is 0.714 bits per heavy atom. The SMILES string of the molecule is O.O.O.O.O.O.O=C(O)c1ccc(C(=O)O)cc1.[Cl][Ni][Cl]. The molecular weight excluding hydrogens is 386 g/mol. The van der Waals surface area contributed by atoms with Gasteiger partial charge in [0, 0.05) is 0 Å². The van der Waals surface area contributed by atoms with Gasteiger partial charge < -0.3 is 43.1 Å². The Balaban J connectivity index is -0.0000000404. The van der Waals surface area contributed by atoms with E-state index in [1.54, 1.807) is 0 Å². The van der Waals surface area contributed by atoms with Crippen LogP contribution in [0.5, 0.6) is 0 Å². The molecule has 0 unspecified atom stereocenters. The number of benzene rings is 1. The van der Waals surface area contributed by atoms with Gasteiger partial charge in [0.25, 0.3) is 0 Å². The monoisotopic (exact) mass is 402 g/mol. The van der Waals surface area contributed by atoms with E-state index in [9.17, 15) is 9.59 Å². The molecule has 14 N–H and O–H groups in total. The summed E-state index contributed by atoms with van der Waals surface area (Å²) in [5.74, 6) is -2.13. The summed E-state index contributed by atoms with van der Waals surface area (Å²) in [6.07, 6.45) is 0. The van der Waals surface area contributed by atoms with E-state index in [0.29, 0.717) is 12.7 Å². The number of halogens is 2. The van der Waals surface area contributed by atoms with Crippen LogP contribution in [0.1, 0.15) is 20.7 Å². The number of carbonyl (C=O) groups is 2. The third kappa shape index (κ3) is 19.0. The molecule has 0 saturated carbocycles. The Morgan fingerprint density at radius 2 is 0.857 bits per heavy atom. The van der Waals surface area contributed by atoms with Gasteiger partial charge in [-0.2, -0.15) is 0 Å². The van der Waals surface area contributed by atoms with E-state index in [-0.39, 0.29) is 44.0 Å². The Labute approximate surface area is 133 Å². The van der Waals surface area contributed by atoms with Crippen molar-refractivity contribution in [1.82, 2.24) is 0 Å². The fourth-order valence-corrected chi connectivity index (χ4v) is 0.755. The van der Waals surface area contributed by atoms with Gasteiger partial charge in [-0.15, -0.1) is 0 Å². The molecule has 0 fully saturated rings. The summed E-state index contributed by atoms with van der Waals surface area (Å²) in [6, 6.07) is 5.02. The molecule has 0 saturated heterocycles. The normalized spacial score (nSPS) is 6.38. The summed E-state index contributed by atoms with van der Waals surface area (Å²) in [7, 11) is 9.40. The number of carboxylic acid groups (broad SMARTS) is 2. The van der Waals surface area contributed by atoms with Crippen molar-refractivity contribution >= 4 is 32.3 Å². The third-order valence-electron chi connectivity index (χ3n) is 1.38. The first-order chi connectivity index (χ1) is 7.02. The summed E-state index contributed by atoms with van der Waals surface area (Å²) < 4.78 is 0. The molecule has 0 heterocycles. The molecule has 13 heteroatoms. The van der Waals surface area contributed by atoms with Gasteiger partial charge in [0.1, 0.15) is 0 Å². The van der Waals surface area contributed by atoms with Crippen LogP contribution < -0.4 is 0 Å². The predicted octanol–water partition coefficient (Wildman–Crippen LogP) is -2.49. The molecule has 0 radical (unpaired) electrons. The maximum atomic E-state index is 10.3. The molecule has 0 spiro atoms. The van der Waals surface area contributed by atoms with Crippen molar-refractivity contribution in [3.63, 3.8) is 0 Å². The van der Waals surface area contributed by atoms with Gasteiger partial charge in [-0.25, -0.2) is 9.59 Å². The Hall–Kier alpha value is -1.01. The Kier molecular flexibility index (Phi) is 48.9. The summed E-state index contributed by atoms with van der Waals surface area (Å²) in [6.45, 7) is 0. The topological polar surface area (TPSA) is 264 Å². The quantitative estimate of drug-likeness (QED) is 0.507. The van der Waals surface area contributed by atoms with Crippen molar-refractivity contribution in [3.8, 4) is 0 Å². The van der Waals surface area contributed by atoms with Crippen LogP contribution in [0.3, 0.4) is 0 Å². The van der Waals surface area contributed by atoms with Crippen molar-refractivity contribution in [3.05, 3.63) is 35.4 Å². The van der Waals surface area contributed by atoms with Crippen LogP contribution in [0.25, 0.3) is 0 Å². The molecule has 0 amide bonds. The summed E-state index contributed by atoms with van der Waals surface area (Å²) in [5, 5.41) is 16.9. The van der Waals surface area contributed by atoms with Crippen LogP contribution >= 0.6 is 20.4 Å². The number of carboxylic acids is 2. The zero-order valence-corrected chi connectivity index (χ0v) is 12.6. The van der Waals surface area contributed by atoms with Crippen LogP contribution in [-0.4, -0.2) is 55.0 Å². The van der Waals surface area contributed by atoms with Gasteiger partial charge in [0.15, 0.2) is 0 Å².